The van der Waals surface area contributed by atoms with Crippen molar-refractivity contribution in [1.29, 1.82) is 0 Å². The maximum Gasteiger partial charge on any atom is 0.240 e. The molecule has 0 aliphatic heterocycles. The molecule has 1 fully saturated rings. The third-order valence-corrected chi connectivity index (χ3v) is 2.91. The summed E-state index contributed by atoms with van der Waals surface area (Å²) in [6.07, 6.45) is 2.45. The molecule has 1 aliphatic rings. The smallest absolute Gasteiger partial charge is 0.240 e. The van der Waals surface area contributed by atoms with Gasteiger partial charge in [0, 0.05) is 17.8 Å². The van der Waals surface area contributed by atoms with Crippen LogP contribution in [0.15, 0.2) is 18.2 Å². The molecule has 2 aromatic heterocycles. The van der Waals surface area contributed by atoms with Crippen LogP contribution >= 0.6 is 0 Å². The van der Waals surface area contributed by atoms with E-state index in [1.165, 1.54) is 12.8 Å². The fraction of sp³-hybridized carbons (Fsp3) is 0.385. The van der Waals surface area contributed by atoms with E-state index in [2.05, 4.69) is 15.2 Å². The number of nitrogens with zero attached hydrogens (tertiary/aromatic N) is 2. The van der Waals surface area contributed by atoms with Crippen LogP contribution < -0.4 is 15.2 Å². The van der Waals surface area contributed by atoms with Gasteiger partial charge in [-0.3, -0.25) is 5.10 Å². The van der Waals surface area contributed by atoms with Gasteiger partial charge in [0.15, 0.2) is 0 Å². The predicted molar refractivity (Wildman–Crippen MR) is 70.3 cm³/mol. The number of aromatic amines is 1. The van der Waals surface area contributed by atoms with Crippen LogP contribution in [0, 0.1) is 12.8 Å². The van der Waals surface area contributed by atoms with Crippen LogP contribution in [-0.2, 0) is 0 Å². The van der Waals surface area contributed by atoms with Crippen LogP contribution in [0.2, 0.25) is 0 Å². The molecule has 0 radical (unpaired) electrons. The van der Waals surface area contributed by atoms with E-state index >= 15 is 0 Å². The number of aryl methyl sites for hydroxylation is 1. The second-order valence-corrected chi connectivity index (χ2v) is 4.79. The summed E-state index contributed by atoms with van der Waals surface area (Å²) in [7, 11) is 0. The van der Waals surface area contributed by atoms with Gasteiger partial charge in [-0.2, -0.15) is 4.98 Å². The lowest BCUT2D eigenvalue weighted by molar-refractivity contribution is 0.286. The maximum absolute atomic E-state index is 5.83. The molecule has 6 heteroatoms. The molecule has 2 heterocycles. The standard InChI is InChI=1S/C13H16N4O2/c1-8-6-12(17-16-8)19-11-5-4-10(14)13(15-11)18-7-9-2-3-9/h4-6,9H,2-3,7,14H2,1H3,(H,16,17). The molecule has 19 heavy (non-hydrogen) atoms. The summed E-state index contributed by atoms with van der Waals surface area (Å²) < 4.78 is 11.1. The number of nitrogen functional groups attached to an aromatic ring is 1. The van der Waals surface area contributed by atoms with Gasteiger partial charge in [0.1, 0.15) is 0 Å². The molecular weight excluding hydrogens is 244 g/mol. The average Bonchev–Trinajstić information content (AvgIpc) is 3.13. The lowest BCUT2D eigenvalue weighted by Gasteiger charge is -2.08. The SMILES string of the molecule is Cc1cc(Oc2ccc(N)c(OCC3CC3)n2)n[nH]1. The fourth-order valence-electron chi connectivity index (χ4n) is 1.64. The first-order valence-electron chi connectivity index (χ1n) is 6.30. The van der Waals surface area contributed by atoms with E-state index in [1.807, 2.05) is 6.92 Å². The Labute approximate surface area is 110 Å². The molecule has 3 rings (SSSR count). The minimum atomic E-state index is 0.423. The highest BCUT2D eigenvalue weighted by atomic mass is 16.5. The number of rotatable bonds is 5. The molecule has 1 aliphatic carbocycles. The maximum atomic E-state index is 5.83. The Morgan fingerprint density at radius 3 is 2.89 bits per heavy atom. The number of hydrogen-bond donors (Lipinski definition) is 2. The van der Waals surface area contributed by atoms with Crippen LogP contribution in [-0.4, -0.2) is 21.8 Å². The second-order valence-electron chi connectivity index (χ2n) is 4.79. The zero-order valence-electron chi connectivity index (χ0n) is 10.7. The number of nitrogens with two attached hydrogens (primary N) is 1. The normalized spacial score (nSPS) is 14.4. The second kappa shape index (κ2) is 4.79. The molecule has 0 saturated heterocycles. The highest BCUT2D eigenvalue weighted by molar-refractivity contribution is 5.49. The number of anilines is 1. The van der Waals surface area contributed by atoms with E-state index in [9.17, 15) is 0 Å². The Bertz CT molecular complexity index is 578. The summed E-state index contributed by atoms with van der Waals surface area (Å²) in [5.41, 5.74) is 7.27. The molecule has 6 nitrogen and oxygen atoms in total. The van der Waals surface area contributed by atoms with Crippen molar-refractivity contribution in [3.8, 4) is 17.6 Å². The minimum absolute atomic E-state index is 0.423. The molecule has 2 aromatic rings. The summed E-state index contributed by atoms with van der Waals surface area (Å²) in [6, 6.07) is 5.22. The quantitative estimate of drug-likeness (QED) is 0.861. The van der Waals surface area contributed by atoms with E-state index < -0.39 is 0 Å². The number of hydrogen-bond acceptors (Lipinski definition) is 5. The molecule has 0 unspecified atom stereocenters. The molecule has 1 saturated carbocycles. The summed E-state index contributed by atoms with van der Waals surface area (Å²) in [5.74, 6) is 1.98. The van der Waals surface area contributed by atoms with Crippen LogP contribution in [0.5, 0.6) is 17.6 Å². The van der Waals surface area contributed by atoms with Crippen molar-refractivity contribution in [2.75, 3.05) is 12.3 Å². The third kappa shape index (κ3) is 2.96. The monoisotopic (exact) mass is 260 g/mol. The molecule has 0 atom stereocenters. The largest absolute Gasteiger partial charge is 0.476 e. The Kier molecular flexibility index (Phi) is 2.98. The minimum Gasteiger partial charge on any atom is -0.476 e. The molecular formula is C13H16N4O2. The lowest BCUT2D eigenvalue weighted by atomic mass is 10.4. The molecule has 0 aromatic carbocycles. The van der Waals surface area contributed by atoms with Crippen molar-refractivity contribution in [1.82, 2.24) is 15.2 Å². The molecule has 3 N–H and O–H groups in total. The van der Waals surface area contributed by atoms with E-state index in [-0.39, 0.29) is 0 Å². The Morgan fingerprint density at radius 2 is 2.21 bits per heavy atom. The summed E-state index contributed by atoms with van der Waals surface area (Å²) in [5, 5.41) is 6.79. The summed E-state index contributed by atoms with van der Waals surface area (Å²) >= 11 is 0. The predicted octanol–water partition coefficient (Wildman–Crippen LogP) is 2.28. The highest BCUT2D eigenvalue weighted by Gasteiger charge is 2.22. The molecule has 100 valence electrons. The Balaban J connectivity index is 1.72. The van der Waals surface area contributed by atoms with Crippen molar-refractivity contribution in [3.05, 3.63) is 23.9 Å². The first-order chi connectivity index (χ1) is 9.20. The number of aromatic nitrogens is 3. The number of pyridine rings is 1. The number of ether oxygens (including phenoxy) is 2. The van der Waals surface area contributed by atoms with E-state index in [4.69, 9.17) is 15.2 Å². The Hall–Kier alpha value is -2.24. The number of nitrogens with one attached hydrogen (secondary N) is 1. The van der Waals surface area contributed by atoms with Gasteiger partial charge in [-0.15, -0.1) is 5.10 Å². The van der Waals surface area contributed by atoms with Crippen molar-refractivity contribution >= 4 is 5.69 Å². The summed E-state index contributed by atoms with van der Waals surface area (Å²) in [6.45, 7) is 2.57. The third-order valence-electron chi connectivity index (χ3n) is 2.91. The molecule has 0 spiro atoms. The van der Waals surface area contributed by atoms with Gasteiger partial charge in [-0.05, 0) is 31.7 Å². The van der Waals surface area contributed by atoms with Gasteiger partial charge in [-0.1, -0.05) is 0 Å². The first-order valence-corrected chi connectivity index (χ1v) is 6.30. The topological polar surface area (TPSA) is 86.1 Å². The van der Waals surface area contributed by atoms with Crippen LogP contribution in [0.3, 0.4) is 0 Å². The van der Waals surface area contributed by atoms with Gasteiger partial charge in [0.05, 0.1) is 12.3 Å². The van der Waals surface area contributed by atoms with Crippen molar-refractivity contribution in [3.63, 3.8) is 0 Å². The van der Waals surface area contributed by atoms with Crippen molar-refractivity contribution in [2.24, 2.45) is 5.92 Å². The van der Waals surface area contributed by atoms with Crippen LogP contribution in [0.4, 0.5) is 5.69 Å². The van der Waals surface area contributed by atoms with Crippen molar-refractivity contribution < 1.29 is 9.47 Å². The molecule has 0 amide bonds. The van der Waals surface area contributed by atoms with E-state index in [1.54, 1.807) is 18.2 Å². The highest BCUT2D eigenvalue weighted by Crippen LogP contribution is 2.31. The number of H-pyrrole nitrogens is 1. The van der Waals surface area contributed by atoms with E-state index in [0.29, 0.717) is 35.9 Å². The van der Waals surface area contributed by atoms with Gasteiger partial charge in [0.2, 0.25) is 17.6 Å². The van der Waals surface area contributed by atoms with E-state index in [0.717, 1.165) is 5.69 Å². The van der Waals surface area contributed by atoms with Crippen LogP contribution in [0.1, 0.15) is 18.5 Å². The lowest BCUT2D eigenvalue weighted by Crippen LogP contribution is -2.04. The zero-order valence-corrected chi connectivity index (χ0v) is 10.7. The average molecular weight is 260 g/mol. The van der Waals surface area contributed by atoms with Gasteiger partial charge in [-0.25, -0.2) is 0 Å². The summed E-state index contributed by atoms with van der Waals surface area (Å²) in [4.78, 5) is 4.25. The first kappa shape index (κ1) is 11.8. The zero-order chi connectivity index (χ0) is 13.2. The Morgan fingerprint density at radius 1 is 1.37 bits per heavy atom. The van der Waals surface area contributed by atoms with Crippen molar-refractivity contribution in [2.45, 2.75) is 19.8 Å². The van der Waals surface area contributed by atoms with Gasteiger partial charge < -0.3 is 15.2 Å². The fourth-order valence-corrected chi connectivity index (χ4v) is 1.64. The van der Waals surface area contributed by atoms with Gasteiger partial charge in [0.25, 0.3) is 0 Å². The van der Waals surface area contributed by atoms with Gasteiger partial charge >= 0.3 is 0 Å². The molecule has 0 bridgehead atoms. The van der Waals surface area contributed by atoms with Crippen LogP contribution in [0.25, 0.3) is 0 Å².